The van der Waals surface area contributed by atoms with Gasteiger partial charge in [0.15, 0.2) is 5.82 Å². The van der Waals surface area contributed by atoms with E-state index in [-0.39, 0.29) is 18.4 Å². The summed E-state index contributed by atoms with van der Waals surface area (Å²) in [5.41, 5.74) is 0.0279. The minimum Gasteiger partial charge on any atom is -0.339 e. The third kappa shape index (κ3) is 4.99. The monoisotopic (exact) mass is 335 g/mol. The standard InChI is InChI=1S/C14H16F3N3O.ClH/c1-9(18-2)7-12-19-13(21-20-12)8-10-3-5-11(6-4-10)14(15,16)17;/h3-6,9,18H,7-8H2,1-2H3;1H. The minimum atomic E-state index is -4.32. The first-order chi connectivity index (χ1) is 9.88. The molecule has 0 spiro atoms. The van der Waals surface area contributed by atoms with Gasteiger partial charge in [-0.3, -0.25) is 0 Å². The molecule has 22 heavy (non-hydrogen) atoms. The van der Waals surface area contributed by atoms with Crippen molar-refractivity contribution in [1.29, 1.82) is 0 Å². The van der Waals surface area contributed by atoms with Crippen molar-refractivity contribution >= 4 is 12.4 Å². The van der Waals surface area contributed by atoms with Gasteiger partial charge in [-0.05, 0) is 31.7 Å². The topological polar surface area (TPSA) is 51.0 Å². The number of rotatable bonds is 5. The Labute approximate surface area is 132 Å². The molecule has 0 radical (unpaired) electrons. The zero-order valence-electron chi connectivity index (χ0n) is 12.1. The fourth-order valence-corrected chi connectivity index (χ4v) is 1.81. The Morgan fingerprint density at radius 1 is 1.23 bits per heavy atom. The van der Waals surface area contributed by atoms with Gasteiger partial charge in [0.25, 0.3) is 0 Å². The second kappa shape index (κ2) is 7.60. The summed E-state index contributed by atoms with van der Waals surface area (Å²) in [7, 11) is 1.84. The zero-order valence-corrected chi connectivity index (χ0v) is 13.0. The molecule has 0 saturated heterocycles. The summed E-state index contributed by atoms with van der Waals surface area (Å²) in [6, 6.07) is 5.17. The van der Waals surface area contributed by atoms with Gasteiger partial charge >= 0.3 is 6.18 Å². The lowest BCUT2D eigenvalue weighted by molar-refractivity contribution is -0.137. The number of alkyl halides is 3. The van der Waals surface area contributed by atoms with Crippen LogP contribution in [-0.4, -0.2) is 23.2 Å². The molecule has 0 saturated carbocycles. The van der Waals surface area contributed by atoms with Gasteiger partial charge in [-0.2, -0.15) is 18.2 Å². The summed E-state index contributed by atoms with van der Waals surface area (Å²) < 4.78 is 42.5. The maximum absolute atomic E-state index is 12.5. The molecule has 0 fully saturated rings. The number of nitrogens with zero attached hydrogens (tertiary/aromatic N) is 2. The third-order valence-corrected chi connectivity index (χ3v) is 3.13. The van der Waals surface area contributed by atoms with E-state index in [4.69, 9.17) is 4.52 Å². The molecule has 1 unspecified atom stereocenters. The van der Waals surface area contributed by atoms with E-state index in [9.17, 15) is 13.2 Å². The summed E-state index contributed by atoms with van der Waals surface area (Å²) in [4.78, 5) is 4.22. The van der Waals surface area contributed by atoms with E-state index in [0.717, 1.165) is 12.1 Å². The Balaban J connectivity index is 0.00000242. The number of likely N-dealkylation sites (N-methyl/N-ethyl adjacent to an activating group) is 1. The van der Waals surface area contributed by atoms with Crippen LogP contribution in [0.2, 0.25) is 0 Å². The Bertz CT molecular complexity index is 584. The van der Waals surface area contributed by atoms with Crippen LogP contribution >= 0.6 is 12.4 Å². The van der Waals surface area contributed by atoms with Crippen LogP contribution < -0.4 is 5.32 Å². The highest BCUT2D eigenvalue weighted by atomic mass is 35.5. The molecule has 0 aliphatic rings. The molecule has 2 aromatic rings. The Kier molecular flexibility index (Phi) is 6.37. The Hall–Kier alpha value is -1.60. The van der Waals surface area contributed by atoms with E-state index in [2.05, 4.69) is 15.5 Å². The van der Waals surface area contributed by atoms with E-state index in [1.54, 1.807) is 0 Å². The number of aromatic nitrogens is 2. The summed E-state index contributed by atoms with van der Waals surface area (Å²) in [6.07, 6.45) is -3.37. The molecular weight excluding hydrogens is 319 g/mol. The lowest BCUT2D eigenvalue weighted by Gasteiger charge is -2.06. The van der Waals surface area contributed by atoms with Crippen LogP contribution in [0.1, 0.15) is 29.8 Å². The predicted molar refractivity (Wildman–Crippen MR) is 78.0 cm³/mol. The van der Waals surface area contributed by atoms with Gasteiger partial charge < -0.3 is 9.84 Å². The van der Waals surface area contributed by atoms with Crippen molar-refractivity contribution in [2.45, 2.75) is 32.0 Å². The number of hydrogen-bond donors (Lipinski definition) is 1. The quantitative estimate of drug-likeness (QED) is 0.911. The second-order valence-corrected chi connectivity index (χ2v) is 4.87. The van der Waals surface area contributed by atoms with Gasteiger partial charge in [0, 0.05) is 12.5 Å². The third-order valence-electron chi connectivity index (χ3n) is 3.13. The van der Waals surface area contributed by atoms with Crippen molar-refractivity contribution in [2.24, 2.45) is 0 Å². The molecular formula is C14H17ClF3N3O. The molecule has 1 heterocycles. The highest BCUT2D eigenvalue weighted by Crippen LogP contribution is 2.29. The average Bonchev–Trinajstić information content (AvgIpc) is 2.85. The first kappa shape index (κ1) is 18.4. The molecule has 1 aromatic carbocycles. The van der Waals surface area contributed by atoms with Crippen LogP contribution in [-0.2, 0) is 19.0 Å². The normalized spacial score (nSPS) is 12.8. The van der Waals surface area contributed by atoms with Gasteiger partial charge in [0.05, 0.1) is 12.0 Å². The van der Waals surface area contributed by atoms with E-state index in [0.29, 0.717) is 30.1 Å². The van der Waals surface area contributed by atoms with Crippen LogP contribution in [0.5, 0.6) is 0 Å². The van der Waals surface area contributed by atoms with Crippen molar-refractivity contribution in [3.05, 3.63) is 47.1 Å². The molecule has 2 rings (SSSR count). The fourth-order valence-electron chi connectivity index (χ4n) is 1.81. The first-order valence-electron chi connectivity index (χ1n) is 6.53. The van der Waals surface area contributed by atoms with E-state index < -0.39 is 11.7 Å². The van der Waals surface area contributed by atoms with Crippen LogP contribution in [0, 0.1) is 0 Å². The molecule has 8 heteroatoms. The second-order valence-electron chi connectivity index (χ2n) is 4.87. The highest BCUT2D eigenvalue weighted by Gasteiger charge is 2.29. The molecule has 4 nitrogen and oxygen atoms in total. The molecule has 1 atom stereocenters. The Morgan fingerprint density at radius 2 is 1.86 bits per heavy atom. The van der Waals surface area contributed by atoms with Crippen molar-refractivity contribution in [2.75, 3.05) is 7.05 Å². The fraction of sp³-hybridized carbons (Fsp3) is 0.429. The van der Waals surface area contributed by atoms with Gasteiger partial charge in [-0.25, -0.2) is 0 Å². The van der Waals surface area contributed by atoms with E-state index in [1.165, 1.54) is 12.1 Å². The maximum atomic E-state index is 12.5. The summed E-state index contributed by atoms with van der Waals surface area (Å²) in [6.45, 7) is 1.99. The summed E-state index contributed by atoms with van der Waals surface area (Å²) >= 11 is 0. The maximum Gasteiger partial charge on any atom is 0.416 e. The summed E-state index contributed by atoms with van der Waals surface area (Å²) in [5, 5.41) is 6.92. The van der Waals surface area contributed by atoms with Gasteiger partial charge in [0.1, 0.15) is 0 Å². The molecule has 1 N–H and O–H groups in total. The van der Waals surface area contributed by atoms with Gasteiger partial charge in [-0.1, -0.05) is 17.3 Å². The first-order valence-corrected chi connectivity index (χ1v) is 6.53. The highest BCUT2D eigenvalue weighted by molar-refractivity contribution is 5.85. The Morgan fingerprint density at radius 3 is 2.41 bits per heavy atom. The molecule has 0 amide bonds. The SMILES string of the molecule is CNC(C)Cc1noc(Cc2ccc(C(F)(F)F)cc2)n1.Cl. The van der Waals surface area contributed by atoms with Crippen molar-refractivity contribution in [3.63, 3.8) is 0 Å². The number of hydrogen-bond acceptors (Lipinski definition) is 4. The molecule has 1 aromatic heterocycles. The summed E-state index contributed by atoms with van der Waals surface area (Å²) in [5.74, 6) is 0.979. The zero-order chi connectivity index (χ0) is 15.5. The molecule has 0 aliphatic heterocycles. The lowest BCUT2D eigenvalue weighted by Crippen LogP contribution is -2.24. The number of benzene rings is 1. The van der Waals surface area contributed by atoms with Crippen LogP contribution in [0.3, 0.4) is 0 Å². The smallest absolute Gasteiger partial charge is 0.339 e. The van der Waals surface area contributed by atoms with E-state index in [1.807, 2.05) is 14.0 Å². The van der Waals surface area contributed by atoms with Crippen molar-refractivity contribution in [1.82, 2.24) is 15.5 Å². The van der Waals surface area contributed by atoms with Gasteiger partial charge in [0.2, 0.25) is 5.89 Å². The largest absolute Gasteiger partial charge is 0.416 e. The molecule has 122 valence electrons. The number of nitrogens with one attached hydrogen (secondary N) is 1. The van der Waals surface area contributed by atoms with Crippen molar-refractivity contribution < 1.29 is 17.7 Å². The lowest BCUT2D eigenvalue weighted by atomic mass is 10.1. The van der Waals surface area contributed by atoms with Crippen LogP contribution in [0.15, 0.2) is 28.8 Å². The van der Waals surface area contributed by atoms with Crippen LogP contribution in [0.25, 0.3) is 0 Å². The predicted octanol–water partition coefficient (Wildman–Crippen LogP) is 3.25. The minimum absolute atomic E-state index is 0. The van der Waals surface area contributed by atoms with Gasteiger partial charge in [-0.15, -0.1) is 12.4 Å². The van der Waals surface area contributed by atoms with E-state index >= 15 is 0 Å². The van der Waals surface area contributed by atoms with Crippen molar-refractivity contribution in [3.8, 4) is 0 Å². The van der Waals surface area contributed by atoms with Crippen LogP contribution in [0.4, 0.5) is 13.2 Å². The molecule has 0 bridgehead atoms. The molecule has 0 aliphatic carbocycles. The number of halogens is 4. The average molecular weight is 336 g/mol.